The predicted octanol–water partition coefficient (Wildman–Crippen LogP) is 1.29. The van der Waals surface area contributed by atoms with Crippen LogP contribution >= 0.6 is 0 Å². The number of hydrogen-bond acceptors (Lipinski definition) is 3. The van der Waals surface area contributed by atoms with Gasteiger partial charge in [0.1, 0.15) is 18.8 Å². The molecule has 5 nitrogen and oxygen atoms in total. The van der Waals surface area contributed by atoms with Crippen LogP contribution in [0.3, 0.4) is 0 Å². The molecular weight excluding hydrogens is 230 g/mol. The number of benzene rings is 1. The van der Waals surface area contributed by atoms with Gasteiger partial charge in [-0.3, -0.25) is 4.79 Å². The third kappa shape index (κ3) is 2.28. The van der Waals surface area contributed by atoms with Gasteiger partial charge < -0.3 is 14.6 Å². The highest BCUT2D eigenvalue weighted by atomic mass is 16.5. The van der Waals surface area contributed by atoms with E-state index in [1.54, 1.807) is 7.11 Å². The van der Waals surface area contributed by atoms with Crippen molar-refractivity contribution in [1.82, 2.24) is 9.88 Å². The first kappa shape index (κ1) is 12.0. The Morgan fingerprint density at radius 3 is 3.06 bits per heavy atom. The van der Waals surface area contributed by atoms with Gasteiger partial charge in [-0.2, -0.15) is 5.26 Å². The molecule has 0 unspecified atom stereocenters. The molecule has 0 bridgehead atoms. The Hall–Kier alpha value is -2.48. The average Bonchev–Trinajstić information content (AvgIpc) is 2.79. The normalized spacial score (nSPS) is 10.0. The van der Waals surface area contributed by atoms with E-state index in [1.165, 1.54) is 0 Å². The summed E-state index contributed by atoms with van der Waals surface area (Å²) in [6.45, 7) is 0.222. The van der Waals surface area contributed by atoms with Gasteiger partial charge in [0.05, 0.1) is 18.7 Å². The largest absolute Gasteiger partial charge is 0.496 e. The summed E-state index contributed by atoms with van der Waals surface area (Å²) in [5.74, 6) is 0.598. The molecule has 5 heteroatoms. The SMILES string of the molecule is COc1cccc2c1ccn2CC(=O)NCC#N. The maximum absolute atomic E-state index is 11.6. The smallest absolute Gasteiger partial charge is 0.240 e. The van der Waals surface area contributed by atoms with E-state index in [9.17, 15) is 4.79 Å². The van der Waals surface area contributed by atoms with Crippen LogP contribution in [0.25, 0.3) is 10.9 Å². The van der Waals surface area contributed by atoms with Gasteiger partial charge in [-0.05, 0) is 18.2 Å². The summed E-state index contributed by atoms with van der Waals surface area (Å²) in [5, 5.41) is 11.9. The zero-order valence-corrected chi connectivity index (χ0v) is 10.0. The third-order valence-corrected chi connectivity index (χ3v) is 2.67. The number of nitrogens with zero attached hydrogens (tertiary/aromatic N) is 2. The minimum absolute atomic E-state index is 0.0291. The maximum atomic E-state index is 11.6. The number of fused-ring (bicyclic) bond motifs is 1. The molecule has 0 aliphatic carbocycles. The molecule has 92 valence electrons. The molecule has 2 rings (SSSR count). The Balaban J connectivity index is 2.25. The number of nitrogens with one attached hydrogen (secondary N) is 1. The molecule has 0 radical (unpaired) electrons. The Morgan fingerprint density at radius 1 is 1.50 bits per heavy atom. The zero-order valence-electron chi connectivity index (χ0n) is 10.0. The first-order chi connectivity index (χ1) is 8.76. The molecular formula is C13H13N3O2. The number of carbonyl (C=O) groups excluding carboxylic acids is 1. The molecule has 0 aliphatic rings. The molecule has 1 heterocycles. The van der Waals surface area contributed by atoms with Crippen molar-refractivity contribution in [2.75, 3.05) is 13.7 Å². The molecule has 2 aromatic rings. The third-order valence-electron chi connectivity index (χ3n) is 2.67. The molecule has 0 aliphatic heterocycles. The summed E-state index contributed by atoms with van der Waals surface area (Å²) in [7, 11) is 1.62. The first-order valence-corrected chi connectivity index (χ1v) is 5.51. The van der Waals surface area contributed by atoms with E-state index < -0.39 is 0 Å². The fourth-order valence-electron chi connectivity index (χ4n) is 1.86. The second-order valence-corrected chi connectivity index (χ2v) is 3.77. The van der Waals surface area contributed by atoms with Crippen LogP contribution in [0, 0.1) is 11.3 Å². The lowest BCUT2D eigenvalue weighted by Gasteiger charge is -2.06. The van der Waals surface area contributed by atoms with Crippen LogP contribution in [0.4, 0.5) is 0 Å². The number of carbonyl (C=O) groups is 1. The molecule has 0 atom stereocenters. The standard InChI is InChI=1S/C13H13N3O2/c1-18-12-4-2-3-11-10(12)5-8-16(11)9-13(17)15-7-6-14/h2-5,8H,7,9H2,1H3,(H,15,17). The van der Waals surface area contributed by atoms with Gasteiger partial charge in [-0.25, -0.2) is 0 Å². The molecule has 18 heavy (non-hydrogen) atoms. The summed E-state index contributed by atoms with van der Waals surface area (Å²) in [5.41, 5.74) is 0.932. The number of amides is 1. The van der Waals surface area contributed by atoms with Crippen LogP contribution in [0.15, 0.2) is 30.5 Å². The fraction of sp³-hybridized carbons (Fsp3) is 0.231. The van der Waals surface area contributed by atoms with Gasteiger partial charge in [-0.15, -0.1) is 0 Å². The van der Waals surface area contributed by atoms with Crippen molar-refractivity contribution >= 4 is 16.8 Å². The summed E-state index contributed by atoms with van der Waals surface area (Å²) in [6, 6.07) is 9.46. The monoisotopic (exact) mass is 243 g/mol. The summed E-state index contributed by atoms with van der Waals surface area (Å²) in [6.07, 6.45) is 1.83. The Kier molecular flexibility index (Phi) is 3.49. The summed E-state index contributed by atoms with van der Waals surface area (Å²) in [4.78, 5) is 11.6. The molecule has 0 saturated carbocycles. The molecule has 1 amide bonds. The van der Waals surface area contributed by atoms with Crippen molar-refractivity contribution in [1.29, 1.82) is 5.26 Å². The van der Waals surface area contributed by atoms with Crippen molar-refractivity contribution in [2.24, 2.45) is 0 Å². The lowest BCUT2D eigenvalue weighted by atomic mass is 10.2. The first-order valence-electron chi connectivity index (χ1n) is 5.51. The molecule has 1 aromatic heterocycles. The number of rotatable bonds is 4. The predicted molar refractivity (Wildman–Crippen MR) is 67.1 cm³/mol. The number of nitriles is 1. The van der Waals surface area contributed by atoms with Gasteiger partial charge in [0.25, 0.3) is 0 Å². The highest BCUT2D eigenvalue weighted by molar-refractivity contribution is 5.88. The Bertz CT molecular complexity index is 610. The van der Waals surface area contributed by atoms with Crippen molar-refractivity contribution in [2.45, 2.75) is 6.54 Å². The van der Waals surface area contributed by atoms with Crippen LogP contribution in [0.2, 0.25) is 0 Å². The van der Waals surface area contributed by atoms with E-state index in [2.05, 4.69) is 5.32 Å². The van der Waals surface area contributed by atoms with Gasteiger partial charge in [0.2, 0.25) is 5.91 Å². The van der Waals surface area contributed by atoms with Gasteiger partial charge in [-0.1, -0.05) is 6.07 Å². The van der Waals surface area contributed by atoms with Gasteiger partial charge >= 0.3 is 0 Å². The van der Waals surface area contributed by atoms with E-state index in [0.29, 0.717) is 0 Å². The number of aromatic nitrogens is 1. The van der Waals surface area contributed by atoms with Gasteiger partial charge in [0, 0.05) is 11.6 Å². The van der Waals surface area contributed by atoms with Crippen LogP contribution < -0.4 is 10.1 Å². The lowest BCUT2D eigenvalue weighted by Crippen LogP contribution is -2.27. The van der Waals surface area contributed by atoms with Crippen LogP contribution in [0.5, 0.6) is 5.75 Å². The minimum atomic E-state index is -0.183. The Labute approximate surface area is 105 Å². The Morgan fingerprint density at radius 2 is 2.33 bits per heavy atom. The minimum Gasteiger partial charge on any atom is -0.496 e. The summed E-state index contributed by atoms with van der Waals surface area (Å²) < 4.78 is 7.08. The number of methoxy groups -OCH3 is 1. The van der Waals surface area contributed by atoms with Crippen LogP contribution in [0.1, 0.15) is 0 Å². The molecule has 1 aromatic carbocycles. The lowest BCUT2D eigenvalue weighted by molar-refractivity contribution is -0.121. The zero-order chi connectivity index (χ0) is 13.0. The van der Waals surface area contributed by atoms with E-state index in [-0.39, 0.29) is 19.0 Å². The van der Waals surface area contributed by atoms with E-state index >= 15 is 0 Å². The van der Waals surface area contributed by atoms with E-state index in [4.69, 9.17) is 10.00 Å². The average molecular weight is 243 g/mol. The molecule has 0 fully saturated rings. The maximum Gasteiger partial charge on any atom is 0.240 e. The molecule has 1 N–H and O–H groups in total. The highest BCUT2D eigenvalue weighted by Crippen LogP contribution is 2.25. The fourth-order valence-corrected chi connectivity index (χ4v) is 1.86. The van der Waals surface area contributed by atoms with Crippen molar-refractivity contribution in [3.63, 3.8) is 0 Å². The van der Waals surface area contributed by atoms with E-state index in [0.717, 1.165) is 16.7 Å². The van der Waals surface area contributed by atoms with Crippen LogP contribution in [-0.2, 0) is 11.3 Å². The van der Waals surface area contributed by atoms with Crippen molar-refractivity contribution in [3.8, 4) is 11.8 Å². The topological polar surface area (TPSA) is 67.0 Å². The second-order valence-electron chi connectivity index (χ2n) is 3.77. The van der Waals surface area contributed by atoms with Crippen molar-refractivity contribution in [3.05, 3.63) is 30.5 Å². The number of ether oxygens (including phenoxy) is 1. The van der Waals surface area contributed by atoms with Gasteiger partial charge in [0.15, 0.2) is 0 Å². The van der Waals surface area contributed by atoms with Crippen LogP contribution in [-0.4, -0.2) is 24.1 Å². The molecule has 0 saturated heterocycles. The van der Waals surface area contributed by atoms with Crippen molar-refractivity contribution < 1.29 is 9.53 Å². The quantitative estimate of drug-likeness (QED) is 0.823. The second kappa shape index (κ2) is 5.23. The summed E-state index contributed by atoms with van der Waals surface area (Å²) >= 11 is 0. The number of hydrogen-bond donors (Lipinski definition) is 1. The highest BCUT2D eigenvalue weighted by Gasteiger charge is 2.08. The van der Waals surface area contributed by atoms with E-state index in [1.807, 2.05) is 41.1 Å². The molecule has 0 spiro atoms.